The molecule has 148 valence electrons. The Morgan fingerprint density at radius 3 is 2.79 bits per heavy atom. The number of anilines is 1. The molecule has 0 unspecified atom stereocenters. The van der Waals surface area contributed by atoms with Gasteiger partial charge in [0.2, 0.25) is 11.8 Å². The molecule has 28 heavy (non-hydrogen) atoms. The third-order valence-corrected chi connectivity index (χ3v) is 5.55. The van der Waals surface area contributed by atoms with Crippen molar-refractivity contribution in [1.82, 2.24) is 15.3 Å². The van der Waals surface area contributed by atoms with Crippen molar-refractivity contribution in [1.29, 1.82) is 0 Å². The van der Waals surface area contributed by atoms with Gasteiger partial charge in [0.25, 0.3) is 5.91 Å². The summed E-state index contributed by atoms with van der Waals surface area (Å²) in [4.78, 5) is 23.5. The number of aromatic nitrogens is 2. The van der Waals surface area contributed by atoms with Gasteiger partial charge in [-0.2, -0.15) is 4.98 Å². The molecule has 6 nitrogen and oxygen atoms in total. The molecule has 0 atom stereocenters. The highest BCUT2D eigenvalue weighted by atomic mass is 16.5. The van der Waals surface area contributed by atoms with Gasteiger partial charge in [0, 0.05) is 30.9 Å². The van der Waals surface area contributed by atoms with Crippen LogP contribution in [0.3, 0.4) is 0 Å². The van der Waals surface area contributed by atoms with Crippen LogP contribution >= 0.6 is 0 Å². The number of amides is 1. The Morgan fingerprint density at radius 1 is 1.18 bits per heavy atom. The summed E-state index contributed by atoms with van der Waals surface area (Å²) < 4.78 is 5.70. The molecule has 2 heterocycles. The molecule has 2 aliphatic rings. The summed E-state index contributed by atoms with van der Waals surface area (Å²) in [5.74, 6) is 1.05. The molecule has 0 spiro atoms. The van der Waals surface area contributed by atoms with Crippen molar-refractivity contribution in [3.05, 3.63) is 47.2 Å². The fourth-order valence-electron chi connectivity index (χ4n) is 4.06. The second-order valence-electron chi connectivity index (χ2n) is 7.78. The molecule has 2 aromatic rings. The first-order valence-corrected chi connectivity index (χ1v) is 10.3. The van der Waals surface area contributed by atoms with Crippen molar-refractivity contribution in [2.75, 3.05) is 18.1 Å². The monoisotopic (exact) mass is 380 g/mol. The SMILES string of the molecule is Cc1cc(OCC(=O)NC2CCCCC2)nc(N2CCc3ccccc3C2)n1. The number of carbonyl (C=O) groups is 1. The average molecular weight is 380 g/mol. The summed E-state index contributed by atoms with van der Waals surface area (Å²) in [5, 5.41) is 3.07. The average Bonchev–Trinajstić information content (AvgIpc) is 2.72. The van der Waals surface area contributed by atoms with Crippen molar-refractivity contribution in [3.8, 4) is 5.88 Å². The summed E-state index contributed by atoms with van der Waals surface area (Å²) in [7, 11) is 0. The molecule has 1 amide bonds. The van der Waals surface area contributed by atoms with Crippen molar-refractivity contribution in [2.45, 2.75) is 58.0 Å². The van der Waals surface area contributed by atoms with Crippen molar-refractivity contribution in [3.63, 3.8) is 0 Å². The Hall–Kier alpha value is -2.63. The summed E-state index contributed by atoms with van der Waals surface area (Å²) in [5.41, 5.74) is 3.54. The quantitative estimate of drug-likeness (QED) is 0.863. The van der Waals surface area contributed by atoms with E-state index in [0.717, 1.165) is 38.0 Å². The number of hydrogen-bond donors (Lipinski definition) is 1. The molecule has 6 heteroatoms. The number of nitrogens with one attached hydrogen (secondary N) is 1. The molecule has 4 rings (SSSR count). The maximum absolute atomic E-state index is 12.2. The van der Waals surface area contributed by atoms with Crippen molar-refractivity contribution in [2.24, 2.45) is 0 Å². The highest BCUT2D eigenvalue weighted by molar-refractivity contribution is 5.77. The normalized spacial score (nSPS) is 17.1. The van der Waals surface area contributed by atoms with Crippen LogP contribution in [0.15, 0.2) is 30.3 Å². The van der Waals surface area contributed by atoms with Gasteiger partial charge in [0.05, 0.1) is 0 Å². The van der Waals surface area contributed by atoms with Crippen LogP contribution < -0.4 is 15.0 Å². The van der Waals surface area contributed by atoms with E-state index in [1.165, 1.54) is 30.4 Å². The van der Waals surface area contributed by atoms with Gasteiger partial charge in [-0.15, -0.1) is 0 Å². The molecular formula is C22H28N4O2. The number of nitrogens with zero attached hydrogens (tertiary/aromatic N) is 3. The molecule has 1 N–H and O–H groups in total. The van der Waals surface area contributed by atoms with E-state index < -0.39 is 0 Å². The van der Waals surface area contributed by atoms with Gasteiger partial charge in [0.15, 0.2) is 6.61 Å². The van der Waals surface area contributed by atoms with Gasteiger partial charge in [-0.1, -0.05) is 43.5 Å². The van der Waals surface area contributed by atoms with E-state index in [1.54, 1.807) is 6.07 Å². The van der Waals surface area contributed by atoms with E-state index in [9.17, 15) is 4.79 Å². The van der Waals surface area contributed by atoms with Crippen LogP contribution in [0.25, 0.3) is 0 Å². The van der Waals surface area contributed by atoms with Gasteiger partial charge in [-0.3, -0.25) is 4.79 Å². The Bertz CT molecular complexity index is 833. The first-order chi connectivity index (χ1) is 13.7. The van der Waals surface area contributed by atoms with Gasteiger partial charge in [0.1, 0.15) is 0 Å². The minimum absolute atomic E-state index is 0.00474. The first-order valence-electron chi connectivity index (χ1n) is 10.3. The minimum Gasteiger partial charge on any atom is -0.467 e. The zero-order valence-electron chi connectivity index (χ0n) is 16.5. The molecule has 1 aliphatic heterocycles. The molecule has 1 saturated carbocycles. The number of rotatable bonds is 5. The standard InChI is InChI=1S/C22H28N4O2/c1-16-13-21(28-15-20(27)24-19-9-3-2-4-10-19)25-22(23-16)26-12-11-17-7-5-6-8-18(17)14-26/h5-8,13,19H,2-4,9-12,14-15H2,1H3,(H,24,27). The number of carbonyl (C=O) groups excluding carboxylic acids is 1. The van der Waals surface area contributed by atoms with Crippen LogP contribution in [0.5, 0.6) is 5.88 Å². The van der Waals surface area contributed by atoms with E-state index in [1.807, 2.05) is 6.92 Å². The number of hydrogen-bond acceptors (Lipinski definition) is 5. The highest BCUT2D eigenvalue weighted by Crippen LogP contribution is 2.24. The van der Waals surface area contributed by atoms with Gasteiger partial charge in [-0.05, 0) is 37.3 Å². The van der Waals surface area contributed by atoms with Crippen LogP contribution in [0.2, 0.25) is 0 Å². The molecular weight excluding hydrogens is 352 g/mol. The fourth-order valence-corrected chi connectivity index (χ4v) is 4.06. The molecule has 0 saturated heterocycles. The number of benzene rings is 1. The second-order valence-corrected chi connectivity index (χ2v) is 7.78. The lowest BCUT2D eigenvalue weighted by molar-refractivity contribution is -0.124. The molecule has 0 radical (unpaired) electrons. The second kappa shape index (κ2) is 8.59. The van der Waals surface area contributed by atoms with E-state index in [0.29, 0.717) is 17.9 Å². The predicted molar refractivity (Wildman–Crippen MR) is 108 cm³/mol. The number of fused-ring (bicyclic) bond motifs is 1. The summed E-state index contributed by atoms with van der Waals surface area (Å²) in [6.07, 6.45) is 6.77. The minimum atomic E-state index is -0.0726. The highest BCUT2D eigenvalue weighted by Gasteiger charge is 2.20. The number of aryl methyl sites for hydroxylation is 1. The Kier molecular flexibility index (Phi) is 5.74. The molecule has 0 bridgehead atoms. The van der Waals surface area contributed by atoms with Crippen molar-refractivity contribution < 1.29 is 9.53 Å². The Labute approximate surface area is 166 Å². The maximum atomic E-state index is 12.2. The largest absolute Gasteiger partial charge is 0.467 e. The fraction of sp³-hybridized carbons (Fsp3) is 0.500. The van der Waals surface area contributed by atoms with Crippen LogP contribution in [0, 0.1) is 6.92 Å². The predicted octanol–water partition coefficient (Wildman–Crippen LogP) is 3.18. The molecule has 1 aliphatic carbocycles. The molecule has 1 fully saturated rings. The van der Waals surface area contributed by atoms with Gasteiger partial charge >= 0.3 is 0 Å². The summed E-state index contributed by atoms with van der Waals surface area (Å²) >= 11 is 0. The Morgan fingerprint density at radius 2 is 1.96 bits per heavy atom. The van der Waals surface area contributed by atoms with E-state index in [2.05, 4.69) is 44.5 Å². The zero-order valence-corrected chi connectivity index (χ0v) is 16.5. The molecule has 1 aromatic carbocycles. The smallest absolute Gasteiger partial charge is 0.258 e. The third kappa shape index (κ3) is 4.61. The van der Waals surface area contributed by atoms with E-state index >= 15 is 0 Å². The van der Waals surface area contributed by atoms with Crippen molar-refractivity contribution >= 4 is 11.9 Å². The van der Waals surface area contributed by atoms with E-state index in [-0.39, 0.29) is 12.5 Å². The first kappa shape index (κ1) is 18.7. The van der Waals surface area contributed by atoms with Crippen LogP contribution in [0.1, 0.15) is 48.9 Å². The van der Waals surface area contributed by atoms with Crippen LogP contribution in [0.4, 0.5) is 5.95 Å². The van der Waals surface area contributed by atoms with Crippen LogP contribution in [-0.2, 0) is 17.8 Å². The Balaban J connectivity index is 1.38. The van der Waals surface area contributed by atoms with E-state index in [4.69, 9.17) is 4.74 Å². The zero-order chi connectivity index (χ0) is 19.3. The lowest BCUT2D eigenvalue weighted by Crippen LogP contribution is -2.39. The van der Waals surface area contributed by atoms with Crippen LogP contribution in [-0.4, -0.2) is 35.1 Å². The lowest BCUT2D eigenvalue weighted by atomic mass is 9.95. The number of ether oxygens (including phenoxy) is 1. The third-order valence-electron chi connectivity index (χ3n) is 5.55. The van der Waals surface area contributed by atoms with Gasteiger partial charge < -0.3 is 15.0 Å². The van der Waals surface area contributed by atoms with Gasteiger partial charge in [-0.25, -0.2) is 4.98 Å². The maximum Gasteiger partial charge on any atom is 0.258 e. The molecule has 1 aromatic heterocycles. The topological polar surface area (TPSA) is 67.3 Å². The summed E-state index contributed by atoms with van der Waals surface area (Å²) in [6.45, 7) is 3.59. The summed E-state index contributed by atoms with van der Waals surface area (Å²) in [6, 6.07) is 10.6. The lowest BCUT2D eigenvalue weighted by Gasteiger charge is -2.29.